The Kier molecular flexibility index (Phi) is 5.30. The second-order valence-electron chi connectivity index (χ2n) is 4.00. The number of para-hydroxylation sites is 1. The molecule has 0 spiro atoms. The summed E-state index contributed by atoms with van der Waals surface area (Å²) >= 11 is 6.05. The van der Waals surface area contributed by atoms with Gasteiger partial charge in [-0.15, -0.1) is 0 Å². The minimum absolute atomic E-state index is 0.276. The number of methoxy groups -OCH3 is 1. The van der Waals surface area contributed by atoms with Crippen molar-refractivity contribution in [2.45, 2.75) is 19.9 Å². The Morgan fingerprint density at radius 2 is 2.11 bits per heavy atom. The number of esters is 1. The van der Waals surface area contributed by atoms with Crippen LogP contribution in [0.4, 0.5) is 10.1 Å². The molecule has 1 unspecified atom stereocenters. The Morgan fingerprint density at radius 1 is 1.47 bits per heavy atom. The van der Waals surface area contributed by atoms with Gasteiger partial charge in [-0.05, 0) is 25.5 Å². The van der Waals surface area contributed by atoms with Gasteiger partial charge in [-0.3, -0.25) is 9.69 Å². The summed E-state index contributed by atoms with van der Waals surface area (Å²) in [4.78, 5) is 24.4. The third kappa shape index (κ3) is 3.23. The minimum atomic E-state index is -1.22. The SMILES string of the molecule is COC(=O)C(C)N(C(=O)CF)c1c(C)cccc1Cl. The molecule has 0 aliphatic rings. The van der Waals surface area contributed by atoms with Crippen molar-refractivity contribution < 1.29 is 18.7 Å². The summed E-state index contributed by atoms with van der Waals surface area (Å²) in [5.41, 5.74) is 0.995. The van der Waals surface area contributed by atoms with Crippen molar-refractivity contribution in [3.8, 4) is 0 Å². The molecule has 4 nitrogen and oxygen atoms in total. The van der Waals surface area contributed by atoms with Gasteiger partial charge < -0.3 is 4.74 Å². The molecule has 1 aromatic rings. The first-order valence-corrected chi connectivity index (χ1v) is 6.02. The Labute approximate surface area is 116 Å². The lowest BCUT2D eigenvalue weighted by atomic mass is 10.1. The number of anilines is 1. The summed E-state index contributed by atoms with van der Waals surface area (Å²) in [6.07, 6.45) is 0. The number of alkyl halides is 1. The van der Waals surface area contributed by atoms with Gasteiger partial charge in [-0.1, -0.05) is 23.7 Å². The quantitative estimate of drug-likeness (QED) is 0.800. The van der Waals surface area contributed by atoms with Crippen LogP contribution in [0.3, 0.4) is 0 Å². The third-order valence-electron chi connectivity index (χ3n) is 2.74. The molecular formula is C13H15ClFNO3. The largest absolute Gasteiger partial charge is 0.467 e. The number of hydrogen-bond acceptors (Lipinski definition) is 3. The van der Waals surface area contributed by atoms with Crippen molar-refractivity contribution >= 4 is 29.2 Å². The summed E-state index contributed by atoms with van der Waals surface area (Å²) < 4.78 is 17.3. The number of amides is 1. The highest BCUT2D eigenvalue weighted by Gasteiger charge is 2.30. The maximum absolute atomic E-state index is 12.7. The standard InChI is InChI=1S/C13H15ClFNO3/c1-8-5-4-6-10(14)12(8)16(11(17)7-15)9(2)13(18)19-3/h4-6,9H,7H2,1-3H3. The molecule has 0 bridgehead atoms. The van der Waals surface area contributed by atoms with E-state index in [1.165, 1.54) is 14.0 Å². The van der Waals surface area contributed by atoms with E-state index >= 15 is 0 Å². The third-order valence-corrected chi connectivity index (χ3v) is 3.05. The molecule has 0 aliphatic carbocycles. The first-order chi connectivity index (χ1) is 8.93. The molecule has 1 amide bonds. The highest BCUT2D eigenvalue weighted by Crippen LogP contribution is 2.31. The molecule has 0 saturated heterocycles. The molecule has 0 aliphatic heterocycles. The topological polar surface area (TPSA) is 46.6 Å². The summed E-state index contributed by atoms with van der Waals surface area (Å²) in [6.45, 7) is 1.97. The molecule has 0 fully saturated rings. The van der Waals surface area contributed by atoms with Gasteiger partial charge in [0.25, 0.3) is 5.91 Å². The number of rotatable bonds is 4. The van der Waals surface area contributed by atoms with Crippen LogP contribution in [0, 0.1) is 6.92 Å². The van der Waals surface area contributed by atoms with E-state index in [-0.39, 0.29) is 5.02 Å². The maximum atomic E-state index is 12.7. The van der Waals surface area contributed by atoms with Crippen LogP contribution in [0.25, 0.3) is 0 Å². The van der Waals surface area contributed by atoms with E-state index < -0.39 is 24.6 Å². The first kappa shape index (κ1) is 15.4. The van der Waals surface area contributed by atoms with Crippen LogP contribution in [0.1, 0.15) is 12.5 Å². The highest BCUT2D eigenvalue weighted by atomic mass is 35.5. The zero-order valence-corrected chi connectivity index (χ0v) is 11.7. The van der Waals surface area contributed by atoms with Gasteiger partial charge in [-0.25, -0.2) is 9.18 Å². The monoisotopic (exact) mass is 287 g/mol. The molecular weight excluding hydrogens is 273 g/mol. The molecule has 1 rings (SSSR count). The molecule has 19 heavy (non-hydrogen) atoms. The van der Waals surface area contributed by atoms with Gasteiger partial charge in [0.2, 0.25) is 0 Å². The number of ether oxygens (including phenoxy) is 1. The van der Waals surface area contributed by atoms with Crippen LogP contribution >= 0.6 is 11.6 Å². The summed E-state index contributed by atoms with van der Waals surface area (Å²) in [6, 6.07) is 4.06. The molecule has 104 valence electrons. The van der Waals surface area contributed by atoms with Gasteiger partial charge in [0.1, 0.15) is 6.04 Å². The van der Waals surface area contributed by atoms with Gasteiger partial charge in [-0.2, -0.15) is 0 Å². The van der Waals surface area contributed by atoms with E-state index in [0.29, 0.717) is 11.3 Å². The first-order valence-electron chi connectivity index (χ1n) is 5.65. The summed E-state index contributed by atoms with van der Waals surface area (Å²) in [7, 11) is 1.20. The number of halogens is 2. The van der Waals surface area contributed by atoms with E-state index in [0.717, 1.165) is 4.90 Å². The smallest absolute Gasteiger partial charge is 0.328 e. The molecule has 6 heteroatoms. The van der Waals surface area contributed by atoms with Crippen molar-refractivity contribution in [3.63, 3.8) is 0 Å². The van der Waals surface area contributed by atoms with Gasteiger partial charge >= 0.3 is 5.97 Å². The Balaban J connectivity index is 3.32. The van der Waals surface area contributed by atoms with Crippen LogP contribution in [0.2, 0.25) is 5.02 Å². The minimum Gasteiger partial charge on any atom is -0.467 e. The average molecular weight is 288 g/mol. The fraction of sp³-hybridized carbons (Fsp3) is 0.385. The van der Waals surface area contributed by atoms with Gasteiger partial charge in [0, 0.05) is 0 Å². The van der Waals surface area contributed by atoms with Crippen LogP contribution in [0.5, 0.6) is 0 Å². The molecule has 0 saturated carbocycles. The Morgan fingerprint density at radius 3 is 2.58 bits per heavy atom. The zero-order chi connectivity index (χ0) is 14.6. The zero-order valence-electron chi connectivity index (χ0n) is 10.9. The normalized spacial score (nSPS) is 11.8. The van der Waals surface area contributed by atoms with Crippen LogP contribution in [-0.4, -0.2) is 31.7 Å². The van der Waals surface area contributed by atoms with E-state index in [9.17, 15) is 14.0 Å². The molecule has 0 radical (unpaired) electrons. The lowest BCUT2D eigenvalue weighted by Gasteiger charge is -2.28. The number of carbonyl (C=O) groups is 2. The average Bonchev–Trinajstić information content (AvgIpc) is 2.40. The van der Waals surface area contributed by atoms with Gasteiger partial charge in [0.05, 0.1) is 17.8 Å². The van der Waals surface area contributed by atoms with Crippen molar-refractivity contribution in [2.24, 2.45) is 0 Å². The molecule has 0 N–H and O–H groups in total. The summed E-state index contributed by atoms with van der Waals surface area (Å²) in [5, 5.41) is 0.276. The maximum Gasteiger partial charge on any atom is 0.328 e. The van der Waals surface area contributed by atoms with E-state index in [2.05, 4.69) is 4.74 Å². The van der Waals surface area contributed by atoms with Crippen LogP contribution in [-0.2, 0) is 14.3 Å². The lowest BCUT2D eigenvalue weighted by Crippen LogP contribution is -2.45. The van der Waals surface area contributed by atoms with Gasteiger partial charge in [0.15, 0.2) is 6.67 Å². The van der Waals surface area contributed by atoms with Crippen molar-refractivity contribution in [2.75, 3.05) is 18.7 Å². The predicted octanol–water partition coefficient (Wildman–Crippen LogP) is 2.51. The lowest BCUT2D eigenvalue weighted by molar-refractivity contribution is -0.143. The summed E-state index contributed by atoms with van der Waals surface area (Å²) in [5.74, 6) is -1.48. The molecule has 0 heterocycles. The molecule has 0 aromatic heterocycles. The van der Waals surface area contributed by atoms with E-state index in [1.807, 2.05) is 0 Å². The number of benzene rings is 1. The second-order valence-corrected chi connectivity index (χ2v) is 4.41. The fourth-order valence-electron chi connectivity index (χ4n) is 1.80. The van der Waals surface area contributed by atoms with Crippen LogP contribution < -0.4 is 4.90 Å². The van der Waals surface area contributed by atoms with Crippen molar-refractivity contribution in [1.82, 2.24) is 0 Å². The molecule has 1 aromatic carbocycles. The number of aryl methyl sites for hydroxylation is 1. The van der Waals surface area contributed by atoms with Crippen LogP contribution in [0.15, 0.2) is 18.2 Å². The predicted molar refractivity (Wildman–Crippen MR) is 71.1 cm³/mol. The van der Waals surface area contributed by atoms with Crippen molar-refractivity contribution in [3.05, 3.63) is 28.8 Å². The fourth-order valence-corrected chi connectivity index (χ4v) is 2.12. The highest BCUT2D eigenvalue weighted by molar-refractivity contribution is 6.34. The Bertz CT molecular complexity index is 473. The van der Waals surface area contributed by atoms with E-state index in [4.69, 9.17) is 11.6 Å². The Hall–Kier alpha value is -1.62. The van der Waals surface area contributed by atoms with Crippen molar-refractivity contribution in [1.29, 1.82) is 0 Å². The number of carbonyl (C=O) groups excluding carboxylic acids is 2. The second kappa shape index (κ2) is 6.52. The van der Waals surface area contributed by atoms with E-state index in [1.54, 1.807) is 25.1 Å². The molecule has 1 atom stereocenters. The number of nitrogens with zero attached hydrogens (tertiary/aromatic N) is 1. The number of hydrogen-bond donors (Lipinski definition) is 0.